The monoisotopic (exact) mass is 215 g/mol. The second-order valence-corrected chi connectivity index (χ2v) is 4.89. The first-order chi connectivity index (χ1) is 6.75. The minimum Gasteiger partial charge on any atom is -0.481 e. The summed E-state index contributed by atoms with van der Waals surface area (Å²) < 4.78 is 0. The first-order valence-corrected chi connectivity index (χ1v) is 5.26. The molecule has 0 aromatic rings. The number of nitrogens with one attached hydrogen (secondary N) is 1. The van der Waals surface area contributed by atoms with E-state index in [-0.39, 0.29) is 17.2 Å². The number of carboxylic acids is 1. The highest BCUT2D eigenvalue weighted by atomic mass is 16.4. The van der Waals surface area contributed by atoms with Gasteiger partial charge >= 0.3 is 5.97 Å². The predicted molar refractivity (Wildman–Crippen MR) is 58.5 cm³/mol. The fraction of sp³-hybridized carbons (Fsp3) is 0.818. The van der Waals surface area contributed by atoms with Crippen molar-refractivity contribution in [1.82, 2.24) is 5.32 Å². The third-order valence-electron chi connectivity index (χ3n) is 2.20. The van der Waals surface area contributed by atoms with Crippen molar-refractivity contribution >= 4 is 11.9 Å². The first-order valence-electron chi connectivity index (χ1n) is 5.26. The lowest BCUT2D eigenvalue weighted by molar-refractivity contribution is -0.141. The molecule has 4 nitrogen and oxygen atoms in total. The van der Waals surface area contributed by atoms with E-state index in [0.29, 0.717) is 19.4 Å². The quantitative estimate of drug-likeness (QED) is 0.685. The largest absolute Gasteiger partial charge is 0.481 e. The predicted octanol–water partition coefficient (Wildman–Crippen LogP) is 1.65. The van der Waals surface area contributed by atoms with Crippen LogP contribution in [0.2, 0.25) is 0 Å². The zero-order valence-electron chi connectivity index (χ0n) is 9.96. The van der Waals surface area contributed by atoms with Crippen molar-refractivity contribution in [2.24, 2.45) is 11.3 Å². The van der Waals surface area contributed by atoms with Crippen molar-refractivity contribution in [3.63, 3.8) is 0 Å². The molecule has 0 aromatic heterocycles. The van der Waals surface area contributed by atoms with E-state index in [4.69, 9.17) is 5.11 Å². The van der Waals surface area contributed by atoms with Crippen LogP contribution in [-0.2, 0) is 9.59 Å². The van der Waals surface area contributed by atoms with Gasteiger partial charge in [-0.1, -0.05) is 27.7 Å². The van der Waals surface area contributed by atoms with E-state index in [1.807, 2.05) is 20.8 Å². The van der Waals surface area contributed by atoms with Crippen LogP contribution < -0.4 is 5.32 Å². The second-order valence-electron chi connectivity index (χ2n) is 4.89. The Bertz CT molecular complexity index is 230. The van der Waals surface area contributed by atoms with Crippen LogP contribution in [0.1, 0.15) is 40.5 Å². The van der Waals surface area contributed by atoms with Gasteiger partial charge in [-0.2, -0.15) is 0 Å². The Balaban J connectivity index is 3.64. The summed E-state index contributed by atoms with van der Waals surface area (Å²) in [5, 5.41) is 11.4. The molecule has 1 amide bonds. The van der Waals surface area contributed by atoms with Gasteiger partial charge in [0, 0.05) is 12.0 Å². The standard InChI is InChI=1S/C11H21NO3/c1-8(9(13)14)6-5-7-12-10(15)11(2,3)4/h8H,5-7H2,1-4H3,(H,12,15)(H,13,14). The Labute approximate surface area is 91.1 Å². The van der Waals surface area contributed by atoms with Crippen molar-refractivity contribution < 1.29 is 14.7 Å². The van der Waals surface area contributed by atoms with Crippen LogP contribution in [0.5, 0.6) is 0 Å². The molecule has 1 unspecified atom stereocenters. The molecule has 2 N–H and O–H groups in total. The maximum absolute atomic E-state index is 11.4. The van der Waals surface area contributed by atoms with Gasteiger partial charge in [-0.3, -0.25) is 9.59 Å². The van der Waals surface area contributed by atoms with E-state index in [9.17, 15) is 9.59 Å². The third kappa shape index (κ3) is 6.10. The lowest BCUT2D eigenvalue weighted by atomic mass is 9.95. The summed E-state index contributed by atoms with van der Waals surface area (Å²) >= 11 is 0. The molecule has 0 fully saturated rings. The molecule has 88 valence electrons. The van der Waals surface area contributed by atoms with Crippen LogP contribution in [0.25, 0.3) is 0 Å². The Morgan fingerprint density at radius 1 is 1.33 bits per heavy atom. The minimum absolute atomic E-state index is 0.00507. The summed E-state index contributed by atoms with van der Waals surface area (Å²) in [6, 6.07) is 0. The van der Waals surface area contributed by atoms with Crippen LogP contribution in [0.3, 0.4) is 0 Å². The van der Waals surface area contributed by atoms with E-state index >= 15 is 0 Å². The number of rotatable bonds is 5. The molecular formula is C11H21NO3. The van der Waals surface area contributed by atoms with E-state index in [2.05, 4.69) is 5.32 Å². The molecule has 0 radical (unpaired) electrons. The summed E-state index contributed by atoms with van der Waals surface area (Å²) in [6.07, 6.45) is 1.30. The SMILES string of the molecule is CC(CCCNC(=O)C(C)(C)C)C(=O)O. The molecule has 0 rings (SSSR count). The van der Waals surface area contributed by atoms with Crippen molar-refractivity contribution in [3.05, 3.63) is 0 Å². The number of aliphatic carboxylic acids is 1. The maximum atomic E-state index is 11.4. The molecule has 1 atom stereocenters. The maximum Gasteiger partial charge on any atom is 0.306 e. The molecule has 0 heterocycles. The Hall–Kier alpha value is -1.06. The first kappa shape index (κ1) is 13.9. The van der Waals surface area contributed by atoms with Gasteiger partial charge in [-0.05, 0) is 12.8 Å². The highest BCUT2D eigenvalue weighted by Gasteiger charge is 2.20. The van der Waals surface area contributed by atoms with Crippen LogP contribution in [0, 0.1) is 11.3 Å². The van der Waals surface area contributed by atoms with E-state index in [0.717, 1.165) is 0 Å². The fourth-order valence-corrected chi connectivity index (χ4v) is 0.999. The van der Waals surface area contributed by atoms with Crippen LogP contribution in [-0.4, -0.2) is 23.5 Å². The molecule has 0 spiro atoms. The topological polar surface area (TPSA) is 66.4 Å². The van der Waals surface area contributed by atoms with Crippen molar-refractivity contribution in [1.29, 1.82) is 0 Å². The van der Waals surface area contributed by atoms with Crippen molar-refractivity contribution in [3.8, 4) is 0 Å². The lowest BCUT2D eigenvalue weighted by Crippen LogP contribution is -2.35. The number of carboxylic acid groups (broad SMARTS) is 1. The molecule has 0 aromatic carbocycles. The molecule has 0 saturated carbocycles. The van der Waals surface area contributed by atoms with E-state index in [1.165, 1.54) is 0 Å². The summed E-state index contributed by atoms with van der Waals surface area (Å²) in [6.45, 7) is 7.77. The number of hydrogen-bond acceptors (Lipinski definition) is 2. The van der Waals surface area contributed by atoms with Gasteiger partial charge in [-0.15, -0.1) is 0 Å². The molecule has 0 saturated heterocycles. The molecule has 0 aliphatic rings. The summed E-state index contributed by atoms with van der Waals surface area (Å²) in [4.78, 5) is 21.9. The van der Waals surface area contributed by atoms with Gasteiger partial charge in [0.15, 0.2) is 0 Å². The lowest BCUT2D eigenvalue weighted by Gasteiger charge is -2.17. The Morgan fingerprint density at radius 2 is 1.87 bits per heavy atom. The normalized spacial score (nSPS) is 13.3. The van der Waals surface area contributed by atoms with Gasteiger partial charge < -0.3 is 10.4 Å². The third-order valence-corrected chi connectivity index (χ3v) is 2.20. The summed E-state index contributed by atoms with van der Waals surface area (Å²) in [5.74, 6) is -1.11. The average molecular weight is 215 g/mol. The van der Waals surface area contributed by atoms with E-state index < -0.39 is 5.97 Å². The molecular weight excluding hydrogens is 194 g/mol. The molecule has 15 heavy (non-hydrogen) atoms. The van der Waals surface area contributed by atoms with Crippen molar-refractivity contribution in [2.75, 3.05) is 6.54 Å². The van der Waals surface area contributed by atoms with Gasteiger partial charge in [0.1, 0.15) is 0 Å². The minimum atomic E-state index is -0.780. The summed E-state index contributed by atoms with van der Waals surface area (Å²) in [7, 11) is 0. The number of carbonyl (C=O) groups excluding carboxylic acids is 1. The van der Waals surface area contributed by atoms with Crippen LogP contribution >= 0.6 is 0 Å². The van der Waals surface area contributed by atoms with Gasteiger partial charge in [-0.25, -0.2) is 0 Å². The zero-order valence-corrected chi connectivity index (χ0v) is 9.96. The molecule has 0 bridgehead atoms. The van der Waals surface area contributed by atoms with Crippen LogP contribution in [0.15, 0.2) is 0 Å². The average Bonchev–Trinajstić information content (AvgIpc) is 2.09. The fourth-order valence-electron chi connectivity index (χ4n) is 0.999. The number of hydrogen-bond donors (Lipinski definition) is 2. The van der Waals surface area contributed by atoms with Crippen LogP contribution in [0.4, 0.5) is 0 Å². The molecule has 4 heteroatoms. The van der Waals surface area contributed by atoms with Gasteiger partial charge in [0.05, 0.1) is 5.92 Å². The second kappa shape index (κ2) is 5.73. The van der Waals surface area contributed by atoms with Gasteiger partial charge in [0.2, 0.25) is 5.91 Å². The Kier molecular flexibility index (Phi) is 5.33. The highest BCUT2D eigenvalue weighted by Crippen LogP contribution is 2.12. The number of carbonyl (C=O) groups is 2. The molecule has 0 aliphatic carbocycles. The summed E-state index contributed by atoms with van der Waals surface area (Å²) in [5.41, 5.74) is -0.377. The number of amides is 1. The van der Waals surface area contributed by atoms with E-state index in [1.54, 1.807) is 6.92 Å². The van der Waals surface area contributed by atoms with Gasteiger partial charge in [0.25, 0.3) is 0 Å². The Morgan fingerprint density at radius 3 is 2.27 bits per heavy atom. The highest BCUT2D eigenvalue weighted by molar-refractivity contribution is 5.81. The smallest absolute Gasteiger partial charge is 0.306 e. The zero-order chi connectivity index (χ0) is 12.1. The molecule has 0 aliphatic heterocycles. The van der Waals surface area contributed by atoms with Crippen molar-refractivity contribution in [2.45, 2.75) is 40.5 Å².